The van der Waals surface area contributed by atoms with Gasteiger partial charge in [0, 0.05) is 25.6 Å². The van der Waals surface area contributed by atoms with E-state index in [1.807, 2.05) is 0 Å². The molecule has 0 saturated heterocycles. The van der Waals surface area contributed by atoms with Crippen molar-refractivity contribution in [2.24, 2.45) is 0 Å². The zero-order chi connectivity index (χ0) is 22.3. The van der Waals surface area contributed by atoms with Crippen LogP contribution in [0.4, 0.5) is 5.69 Å². The van der Waals surface area contributed by atoms with Crippen LogP contribution in [0.3, 0.4) is 0 Å². The molecule has 162 valence electrons. The quantitative estimate of drug-likeness (QED) is 0.480. The van der Waals surface area contributed by atoms with Crippen LogP contribution in [0.5, 0.6) is 11.5 Å². The van der Waals surface area contributed by atoms with E-state index < -0.39 is 21.9 Å². The largest absolute Gasteiger partial charge is 0.492 e. The summed E-state index contributed by atoms with van der Waals surface area (Å²) in [5, 5.41) is 2.70. The van der Waals surface area contributed by atoms with E-state index in [9.17, 15) is 18.0 Å². The molecular weight excluding hydrogens is 408 g/mol. The number of carbonyl (C=O) groups is 2. The van der Waals surface area contributed by atoms with Gasteiger partial charge in [0.1, 0.15) is 11.5 Å². The van der Waals surface area contributed by atoms with Crippen LogP contribution < -0.4 is 14.8 Å². The molecule has 0 aliphatic carbocycles. The molecule has 0 aromatic heterocycles. The number of hydrogen-bond acceptors (Lipinski definition) is 6. The molecule has 1 N–H and O–H groups in total. The fourth-order valence-corrected chi connectivity index (χ4v) is 4.28. The summed E-state index contributed by atoms with van der Waals surface area (Å²) in [4.78, 5) is 23.8. The van der Waals surface area contributed by atoms with Crippen LogP contribution in [0.1, 0.15) is 38.1 Å². The van der Waals surface area contributed by atoms with Gasteiger partial charge in [-0.05, 0) is 49.4 Å². The van der Waals surface area contributed by atoms with Crippen LogP contribution in [0.2, 0.25) is 0 Å². The molecule has 0 aliphatic heterocycles. The van der Waals surface area contributed by atoms with Gasteiger partial charge in [-0.3, -0.25) is 9.59 Å². The second kappa shape index (κ2) is 10.2. The normalized spacial score (nSPS) is 11.2. The highest BCUT2D eigenvalue weighted by molar-refractivity contribution is 7.89. The molecule has 2 aromatic rings. The van der Waals surface area contributed by atoms with E-state index in [1.165, 1.54) is 53.7 Å². The molecular formula is C21H26N2O6S. The van der Waals surface area contributed by atoms with Gasteiger partial charge in [0.15, 0.2) is 0 Å². The highest BCUT2D eigenvalue weighted by Gasteiger charge is 2.23. The van der Waals surface area contributed by atoms with Crippen molar-refractivity contribution in [1.82, 2.24) is 4.31 Å². The highest BCUT2D eigenvalue weighted by Crippen LogP contribution is 2.30. The number of rotatable bonds is 9. The topological polar surface area (TPSA) is 102 Å². The summed E-state index contributed by atoms with van der Waals surface area (Å²) in [6, 6.07) is 10.4. The summed E-state index contributed by atoms with van der Waals surface area (Å²) in [5.41, 5.74) is 0.560. The molecule has 2 aromatic carbocycles. The van der Waals surface area contributed by atoms with E-state index in [0.29, 0.717) is 36.8 Å². The third-order valence-corrected chi connectivity index (χ3v) is 6.27. The molecule has 0 atom stereocenters. The maximum atomic E-state index is 12.8. The first-order chi connectivity index (χ1) is 14.2. The smallest absolute Gasteiger partial charge is 0.308 e. The van der Waals surface area contributed by atoms with Gasteiger partial charge in [0.2, 0.25) is 10.0 Å². The summed E-state index contributed by atoms with van der Waals surface area (Å²) in [6.07, 6.45) is 0. The van der Waals surface area contributed by atoms with Gasteiger partial charge in [0.25, 0.3) is 5.91 Å². The third-order valence-electron chi connectivity index (χ3n) is 4.22. The lowest BCUT2D eigenvalue weighted by Crippen LogP contribution is -2.30. The Hall–Kier alpha value is -2.91. The number of sulfonamides is 1. The molecule has 0 saturated carbocycles. The Kier molecular flexibility index (Phi) is 7.96. The van der Waals surface area contributed by atoms with Crippen LogP contribution >= 0.6 is 0 Å². The lowest BCUT2D eigenvalue weighted by molar-refractivity contribution is -0.131. The van der Waals surface area contributed by atoms with Crippen molar-refractivity contribution in [3.63, 3.8) is 0 Å². The van der Waals surface area contributed by atoms with Crippen molar-refractivity contribution < 1.29 is 27.5 Å². The Morgan fingerprint density at radius 1 is 1.00 bits per heavy atom. The number of carbonyl (C=O) groups excluding carboxylic acids is 2. The number of benzene rings is 2. The molecule has 0 fully saturated rings. The van der Waals surface area contributed by atoms with Crippen LogP contribution in [0, 0.1) is 0 Å². The van der Waals surface area contributed by atoms with Gasteiger partial charge < -0.3 is 14.8 Å². The molecule has 0 aliphatic rings. The third kappa shape index (κ3) is 5.58. The fraction of sp³-hybridized carbons (Fsp3) is 0.333. The number of anilines is 1. The molecule has 1 amide bonds. The minimum absolute atomic E-state index is 0.0650. The van der Waals surface area contributed by atoms with E-state index in [2.05, 4.69) is 5.32 Å². The van der Waals surface area contributed by atoms with Crippen molar-refractivity contribution in [1.29, 1.82) is 0 Å². The predicted octanol–water partition coefficient (Wildman–Crippen LogP) is 3.29. The lowest BCUT2D eigenvalue weighted by atomic mass is 10.2. The highest BCUT2D eigenvalue weighted by atomic mass is 32.2. The maximum Gasteiger partial charge on any atom is 0.308 e. The van der Waals surface area contributed by atoms with Gasteiger partial charge in [0.05, 0.1) is 17.2 Å². The first-order valence-corrected chi connectivity index (χ1v) is 11.0. The second-order valence-corrected chi connectivity index (χ2v) is 8.19. The van der Waals surface area contributed by atoms with E-state index in [0.717, 1.165) is 0 Å². The average molecular weight is 435 g/mol. The van der Waals surface area contributed by atoms with E-state index in [1.54, 1.807) is 20.8 Å². The first kappa shape index (κ1) is 23.4. The Balaban J connectivity index is 2.34. The molecule has 2 rings (SSSR count). The van der Waals surface area contributed by atoms with Gasteiger partial charge in [-0.2, -0.15) is 4.31 Å². The molecule has 30 heavy (non-hydrogen) atoms. The number of esters is 1. The van der Waals surface area contributed by atoms with Crippen molar-refractivity contribution >= 4 is 27.6 Å². The van der Waals surface area contributed by atoms with E-state index in [4.69, 9.17) is 9.47 Å². The molecule has 0 radical (unpaired) electrons. The summed E-state index contributed by atoms with van der Waals surface area (Å²) >= 11 is 0. The second-order valence-electron chi connectivity index (χ2n) is 6.25. The minimum atomic E-state index is -3.69. The average Bonchev–Trinajstić information content (AvgIpc) is 2.70. The van der Waals surface area contributed by atoms with E-state index in [-0.39, 0.29) is 10.6 Å². The van der Waals surface area contributed by atoms with E-state index >= 15 is 0 Å². The summed E-state index contributed by atoms with van der Waals surface area (Å²) in [6.45, 7) is 7.62. The summed E-state index contributed by atoms with van der Waals surface area (Å²) in [5.74, 6) is -0.232. The van der Waals surface area contributed by atoms with Crippen LogP contribution in [0.25, 0.3) is 0 Å². The van der Waals surface area contributed by atoms with Crippen molar-refractivity contribution in [2.45, 2.75) is 32.6 Å². The van der Waals surface area contributed by atoms with Gasteiger partial charge in [-0.15, -0.1) is 0 Å². The fourth-order valence-electron chi connectivity index (χ4n) is 2.80. The first-order valence-electron chi connectivity index (χ1n) is 9.59. The molecule has 8 nitrogen and oxygen atoms in total. The monoisotopic (exact) mass is 434 g/mol. The van der Waals surface area contributed by atoms with Crippen molar-refractivity contribution in [3.05, 3.63) is 48.0 Å². The van der Waals surface area contributed by atoms with Crippen LogP contribution in [-0.4, -0.2) is 44.3 Å². The Labute approximate surface area is 176 Å². The molecule has 9 heteroatoms. The van der Waals surface area contributed by atoms with Gasteiger partial charge in [-0.1, -0.05) is 13.8 Å². The number of ether oxygens (including phenoxy) is 2. The van der Waals surface area contributed by atoms with Crippen LogP contribution in [0.15, 0.2) is 47.4 Å². The SMILES string of the molecule is CCOc1ccc(S(=O)(=O)N(CC)CC)cc1NC(=O)c1ccc(OC(C)=O)cc1. The number of nitrogens with one attached hydrogen (secondary N) is 1. The van der Waals surface area contributed by atoms with Crippen LogP contribution in [-0.2, 0) is 14.8 Å². The minimum Gasteiger partial charge on any atom is -0.492 e. The zero-order valence-corrected chi connectivity index (χ0v) is 18.3. The molecule has 0 spiro atoms. The Morgan fingerprint density at radius 2 is 1.63 bits per heavy atom. The van der Waals surface area contributed by atoms with Crippen molar-refractivity contribution in [3.8, 4) is 11.5 Å². The summed E-state index contributed by atoms with van der Waals surface area (Å²) < 4.78 is 37.5. The standard InChI is InChI=1S/C21H26N2O6S/c1-5-23(6-2)30(26,27)18-12-13-20(28-7-3)19(14-18)22-21(25)16-8-10-17(11-9-16)29-15(4)24/h8-14H,5-7H2,1-4H3,(H,22,25). The number of nitrogens with zero attached hydrogens (tertiary/aromatic N) is 1. The van der Waals surface area contributed by atoms with Gasteiger partial charge >= 0.3 is 5.97 Å². The Morgan fingerprint density at radius 3 is 2.17 bits per heavy atom. The molecule has 0 heterocycles. The lowest BCUT2D eigenvalue weighted by Gasteiger charge is -2.20. The zero-order valence-electron chi connectivity index (χ0n) is 17.5. The predicted molar refractivity (Wildman–Crippen MR) is 113 cm³/mol. The van der Waals surface area contributed by atoms with Crippen molar-refractivity contribution in [2.75, 3.05) is 25.0 Å². The maximum absolute atomic E-state index is 12.8. The van der Waals surface area contributed by atoms with Gasteiger partial charge in [-0.25, -0.2) is 8.42 Å². The molecule has 0 bridgehead atoms. The molecule has 0 unspecified atom stereocenters. The summed E-state index contributed by atoms with van der Waals surface area (Å²) in [7, 11) is -3.69. The Bertz CT molecular complexity index is 999. The number of amides is 1. The number of hydrogen-bond donors (Lipinski definition) is 1.